The van der Waals surface area contributed by atoms with Crippen LogP contribution in [0.3, 0.4) is 0 Å². The number of carbonyl (C=O) groups is 2. The van der Waals surface area contributed by atoms with Crippen LogP contribution >= 0.6 is 0 Å². The van der Waals surface area contributed by atoms with E-state index in [-0.39, 0.29) is 22.6 Å². The van der Waals surface area contributed by atoms with Crippen molar-refractivity contribution in [1.29, 1.82) is 5.26 Å². The fourth-order valence-electron chi connectivity index (χ4n) is 3.22. The van der Waals surface area contributed by atoms with Crippen LogP contribution in [0.15, 0.2) is 41.1 Å². The lowest BCUT2D eigenvalue weighted by Crippen LogP contribution is -2.62. The summed E-state index contributed by atoms with van der Waals surface area (Å²) in [7, 11) is -3.68. The van der Waals surface area contributed by atoms with Gasteiger partial charge in [0.05, 0.1) is 23.0 Å². The first-order chi connectivity index (χ1) is 12.9. The van der Waals surface area contributed by atoms with Crippen LogP contribution in [-0.2, 0) is 24.2 Å². The van der Waals surface area contributed by atoms with Crippen LogP contribution in [0, 0.1) is 11.3 Å². The fraction of sp³-hybridized carbons (Fsp3) is 0.350. The quantitative estimate of drug-likeness (QED) is 0.428. The maximum atomic E-state index is 12.7. The van der Waals surface area contributed by atoms with Gasteiger partial charge in [-0.05, 0) is 57.0 Å². The normalized spacial score (nSPS) is 22.4. The number of fused-ring (bicyclic) bond motifs is 1. The lowest BCUT2D eigenvalue weighted by Gasteiger charge is -2.45. The summed E-state index contributed by atoms with van der Waals surface area (Å²) in [6.45, 7) is 6.62. The number of amides is 1. The number of nitrogens with zero attached hydrogens (tertiary/aromatic N) is 2. The van der Waals surface area contributed by atoms with Crippen LogP contribution < -0.4 is 0 Å². The lowest BCUT2D eigenvalue weighted by atomic mass is 9.99. The summed E-state index contributed by atoms with van der Waals surface area (Å²) >= 11 is 0. The molecule has 7 nitrogen and oxygen atoms in total. The number of rotatable bonds is 2. The minimum Gasteiger partial charge on any atom is -0.455 e. The predicted octanol–water partition coefficient (Wildman–Crippen LogP) is 2.15. The Bertz CT molecular complexity index is 1070. The molecular formula is C20H20N2O5S. The zero-order chi connectivity index (χ0) is 20.9. The Morgan fingerprint density at radius 3 is 2.43 bits per heavy atom. The molecule has 3 rings (SSSR count). The van der Waals surface area contributed by atoms with Crippen molar-refractivity contribution in [2.45, 2.75) is 38.7 Å². The monoisotopic (exact) mass is 400 g/mol. The second kappa shape index (κ2) is 6.60. The molecule has 0 N–H and O–H groups in total. The Balaban J connectivity index is 2.00. The molecule has 146 valence electrons. The standard InChI is InChI=1S/C20H20N2O5S/c1-12-11-28(25,26)18-15(9-13-5-7-14(10-21)8-6-13)17(23)22(18)16(12)19(24)27-20(2,3)4/h5-9,18H,11H2,1-4H3/b15-9+. The van der Waals surface area contributed by atoms with Gasteiger partial charge in [-0.3, -0.25) is 9.69 Å². The van der Waals surface area contributed by atoms with E-state index in [1.807, 2.05) is 6.07 Å². The third-order valence-corrected chi connectivity index (χ3v) is 6.30. The summed E-state index contributed by atoms with van der Waals surface area (Å²) in [6.07, 6.45) is 1.48. The molecule has 1 aromatic carbocycles. The molecule has 0 saturated carbocycles. The third-order valence-electron chi connectivity index (χ3n) is 4.32. The molecule has 0 aliphatic carbocycles. The van der Waals surface area contributed by atoms with Crippen LogP contribution in [-0.4, -0.2) is 41.9 Å². The fourth-order valence-corrected chi connectivity index (χ4v) is 5.19. The molecule has 2 heterocycles. The SMILES string of the molecule is CC1=C(C(=O)OC(C)(C)C)N2C(=O)/C(=C\c3ccc(C#N)cc3)C2S(=O)(=O)C1. The van der Waals surface area contributed by atoms with Crippen molar-refractivity contribution >= 4 is 27.8 Å². The number of benzene rings is 1. The average molecular weight is 400 g/mol. The molecule has 1 fully saturated rings. The van der Waals surface area contributed by atoms with E-state index in [0.717, 1.165) is 4.90 Å². The highest BCUT2D eigenvalue weighted by molar-refractivity contribution is 7.92. The molecule has 1 atom stereocenters. The zero-order valence-electron chi connectivity index (χ0n) is 16.0. The lowest BCUT2D eigenvalue weighted by molar-refractivity contribution is -0.155. The van der Waals surface area contributed by atoms with Crippen molar-refractivity contribution in [3.05, 3.63) is 52.2 Å². The Morgan fingerprint density at radius 2 is 1.89 bits per heavy atom. The smallest absolute Gasteiger partial charge is 0.355 e. The molecule has 0 aromatic heterocycles. The minimum atomic E-state index is -3.68. The second-order valence-electron chi connectivity index (χ2n) is 7.80. The summed E-state index contributed by atoms with van der Waals surface area (Å²) < 4.78 is 30.7. The summed E-state index contributed by atoms with van der Waals surface area (Å²) in [5.41, 5.74) is 0.666. The van der Waals surface area contributed by atoms with Crippen molar-refractivity contribution < 1.29 is 22.7 Å². The minimum absolute atomic E-state index is 0.00303. The number of nitriles is 1. The molecule has 8 heteroatoms. The van der Waals surface area contributed by atoms with Crippen LogP contribution in [0.4, 0.5) is 0 Å². The summed E-state index contributed by atoms with van der Waals surface area (Å²) in [6, 6.07) is 8.42. The molecule has 2 aliphatic heterocycles. The number of sulfone groups is 1. The van der Waals surface area contributed by atoms with Gasteiger partial charge in [0.25, 0.3) is 5.91 Å². The highest BCUT2D eigenvalue weighted by Gasteiger charge is 2.56. The largest absolute Gasteiger partial charge is 0.455 e. The first kappa shape index (κ1) is 19.8. The van der Waals surface area contributed by atoms with Gasteiger partial charge in [-0.15, -0.1) is 0 Å². The Kier molecular flexibility index (Phi) is 4.68. The van der Waals surface area contributed by atoms with Gasteiger partial charge in [0.1, 0.15) is 11.3 Å². The maximum absolute atomic E-state index is 12.7. The second-order valence-corrected chi connectivity index (χ2v) is 9.86. The summed E-state index contributed by atoms with van der Waals surface area (Å²) in [5, 5.41) is 7.66. The predicted molar refractivity (Wildman–Crippen MR) is 102 cm³/mol. The third kappa shape index (κ3) is 3.45. The van der Waals surface area contributed by atoms with Crippen LogP contribution in [0.5, 0.6) is 0 Å². The number of β-lactam (4-membered cyclic amide) rings is 1. The van der Waals surface area contributed by atoms with E-state index in [9.17, 15) is 18.0 Å². The van der Waals surface area contributed by atoms with Crippen LogP contribution in [0.25, 0.3) is 6.08 Å². The van der Waals surface area contributed by atoms with Gasteiger partial charge in [-0.25, -0.2) is 13.2 Å². The number of ether oxygens (including phenoxy) is 1. The van der Waals surface area contributed by atoms with Gasteiger partial charge in [0, 0.05) is 0 Å². The van der Waals surface area contributed by atoms with Gasteiger partial charge in [0.2, 0.25) is 0 Å². The highest BCUT2D eigenvalue weighted by atomic mass is 32.2. The van der Waals surface area contributed by atoms with E-state index in [4.69, 9.17) is 10.00 Å². The molecule has 2 aliphatic rings. The van der Waals surface area contributed by atoms with Crippen LogP contribution in [0.2, 0.25) is 0 Å². The summed E-state index contributed by atoms with van der Waals surface area (Å²) in [5.74, 6) is -1.57. The van der Waals surface area contributed by atoms with Gasteiger partial charge >= 0.3 is 5.97 Å². The Morgan fingerprint density at radius 1 is 1.29 bits per heavy atom. The van der Waals surface area contributed by atoms with E-state index in [0.29, 0.717) is 11.1 Å². The van der Waals surface area contributed by atoms with Crippen molar-refractivity contribution in [2.24, 2.45) is 0 Å². The topological polar surface area (TPSA) is 105 Å². The van der Waals surface area contributed by atoms with Gasteiger partial charge in [0.15, 0.2) is 15.2 Å². The van der Waals surface area contributed by atoms with E-state index in [2.05, 4.69) is 0 Å². The van der Waals surface area contributed by atoms with Crippen LogP contribution in [0.1, 0.15) is 38.8 Å². The highest BCUT2D eigenvalue weighted by Crippen LogP contribution is 2.41. The summed E-state index contributed by atoms with van der Waals surface area (Å²) in [4.78, 5) is 26.3. The molecule has 0 radical (unpaired) electrons. The first-order valence-electron chi connectivity index (χ1n) is 8.64. The molecule has 0 spiro atoms. The molecule has 28 heavy (non-hydrogen) atoms. The van der Waals surface area contributed by atoms with Crippen molar-refractivity contribution in [3.63, 3.8) is 0 Å². The van der Waals surface area contributed by atoms with Gasteiger partial charge in [-0.2, -0.15) is 5.26 Å². The molecule has 1 saturated heterocycles. The van der Waals surface area contributed by atoms with Gasteiger partial charge < -0.3 is 4.74 Å². The van der Waals surface area contributed by atoms with E-state index < -0.39 is 32.7 Å². The molecule has 1 unspecified atom stereocenters. The number of hydrogen-bond acceptors (Lipinski definition) is 6. The van der Waals surface area contributed by atoms with E-state index in [1.165, 1.54) is 13.0 Å². The molecule has 0 bridgehead atoms. The first-order valence-corrected chi connectivity index (χ1v) is 10.4. The average Bonchev–Trinajstić information content (AvgIpc) is 2.57. The van der Waals surface area contributed by atoms with Crippen molar-refractivity contribution in [3.8, 4) is 6.07 Å². The number of esters is 1. The number of carbonyl (C=O) groups excluding carboxylic acids is 2. The molecular weight excluding hydrogens is 380 g/mol. The molecule has 1 aromatic rings. The Hall–Kier alpha value is -2.92. The van der Waals surface area contributed by atoms with E-state index in [1.54, 1.807) is 45.0 Å². The van der Waals surface area contributed by atoms with Crippen molar-refractivity contribution in [2.75, 3.05) is 5.75 Å². The molecule has 1 amide bonds. The van der Waals surface area contributed by atoms with Gasteiger partial charge in [-0.1, -0.05) is 12.1 Å². The maximum Gasteiger partial charge on any atom is 0.355 e. The van der Waals surface area contributed by atoms with E-state index >= 15 is 0 Å². The van der Waals surface area contributed by atoms with Crippen molar-refractivity contribution in [1.82, 2.24) is 4.90 Å². The number of hydrogen-bond donors (Lipinski definition) is 0. The Labute approximate surface area is 163 Å². The zero-order valence-corrected chi connectivity index (χ0v) is 16.8.